The lowest BCUT2D eigenvalue weighted by atomic mass is 10.2. The quantitative estimate of drug-likeness (QED) is 0.766. The summed E-state index contributed by atoms with van der Waals surface area (Å²) in [5, 5.41) is 0. The van der Waals surface area contributed by atoms with Crippen LogP contribution in [-0.4, -0.2) is 55.0 Å². The van der Waals surface area contributed by atoms with Crippen LogP contribution in [0.5, 0.6) is 0 Å². The molecule has 0 N–H and O–H groups in total. The van der Waals surface area contributed by atoms with Gasteiger partial charge in [-0.1, -0.05) is 55.5 Å². The smallest absolute Gasteiger partial charge is 0.226 e. The van der Waals surface area contributed by atoms with E-state index in [-0.39, 0.29) is 5.91 Å². The van der Waals surface area contributed by atoms with Crippen LogP contribution >= 0.6 is 0 Å². The lowest BCUT2D eigenvalue weighted by Crippen LogP contribution is -2.48. The minimum absolute atomic E-state index is 0.193. The largest absolute Gasteiger partial charge is 0.311 e. The third-order valence-electron chi connectivity index (χ3n) is 5.03. The Kier molecular flexibility index (Phi) is 6.81. The van der Waals surface area contributed by atoms with Crippen molar-refractivity contribution in [2.24, 2.45) is 0 Å². The highest BCUT2D eigenvalue weighted by Gasteiger charge is 2.19. The molecule has 2 aromatic rings. The summed E-state index contributed by atoms with van der Waals surface area (Å²) in [5.74, 6) is 0.193. The topological polar surface area (TPSA) is 26.8 Å². The Labute approximate surface area is 157 Å². The molecule has 1 fully saturated rings. The van der Waals surface area contributed by atoms with Gasteiger partial charge in [-0.3, -0.25) is 14.6 Å². The molecule has 0 saturated carbocycles. The predicted molar refractivity (Wildman–Crippen MR) is 107 cm³/mol. The van der Waals surface area contributed by atoms with Gasteiger partial charge in [-0.15, -0.1) is 0 Å². The van der Waals surface area contributed by atoms with E-state index in [2.05, 4.69) is 40.1 Å². The van der Waals surface area contributed by atoms with Crippen molar-refractivity contribution < 1.29 is 4.79 Å². The maximum absolute atomic E-state index is 12.3. The molecule has 1 saturated heterocycles. The first-order valence-corrected chi connectivity index (χ1v) is 9.60. The van der Waals surface area contributed by atoms with E-state index >= 15 is 0 Å². The normalized spacial score (nSPS) is 15.7. The first kappa shape index (κ1) is 18.6. The zero-order valence-corrected chi connectivity index (χ0v) is 15.7. The van der Waals surface area contributed by atoms with Gasteiger partial charge in [0.15, 0.2) is 0 Å². The molecule has 1 aliphatic heterocycles. The number of piperazine rings is 1. The molecule has 0 aromatic heterocycles. The maximum Gasteiger partial charge on any atom is 0.226 e. The van der Waals surface area contributed by atoms with Gasteiger partial charge in [-0.2, -0.15) is 0 Å². The van der Waals surface area contributed by atoms with Gasteiger partial charge in [0.25, 0.3) is 0 Å². The van der Waals surface area contributed by atoms with Crippen LogP contribution in [0.2, 0.25) is 0 Å². The van der Waals surface area contributed by atoms with Crippen LogP contribution in [0.15, 0.2) is 60.7 Å². The van der Waals surface area contributed by atoms with Crippen molar-refractivity contribution in [1.29, 1.82) is 0 Å². The van der Waals surface area contributed by atoms with Crippen molar-refractivity contribution in [3.63, 3.8) is 0 Å². The Morgan fingerprint density at radius 1 is 0.885 bits per heavy atom. The zero-order valence-electron chi connectivity index (χ0n) is 15.7. The Bertz CT molecular complexity index is 666. The number of anilines is 1. The third-order valence-corrected chi connectivity index (χ3v) is 5.03. The van der Waals surface area contributed by atoms with Gasteiger partial charge in [-0.25, -0.2) is 0 Å². The maximum atomic E-state index is 12.3. The fourth-order valence-corrected chi connectivity index (χ4v) is 3.45. The van der Waals surface area contributed by atoms with Crippen LogP contribution in [0.25, 0.3) is 0 Å². The Balaban J connectivity index is 1.48. The highest BCUT2D eigenvalue weighted by atomic mass is 16.2. The summed E-state index contributed by atoms with van der Waals surface area (Å²) in [6.07, 6.45) is 0.541. The van der Waals surface area contributed by atoms with Crippen LogP contribution < -0.4 is 4.90 Å². The van der Waals surface area contributed by atoms with Crippen LogP contribution in [0.3, 0.4) is 0 Å². The number of amides is 1. The van der Waals surface area contributed by atoms with Crippen molar-refractivity contribution >= 4 is 11.6 Å². The second-order valence-corrected chi connectivity index (χ2v) is 6.84. The number of hydrogen-bond acceptors (Lipinski definition) is 3. The van der Waals surface area contributed by atoms with E-state index in [1.54, 1.807) is 0 Å². The lowest BCUT2D eigenvalue weighted by molar-refractivity contribution is -0.118. The average Bonchev–Trinajstić information content (AvgIpc) is 2.71. The minimum atomic E-state index is 0.193. The van der Waals surface area contributed by atoms with E-state index in [4.69, 9.17) is 0 Å². The second-order valence-electron chi connectivity index (χ2n) is 6.84. The van der Waals surface area contributed by atoms with Crippen LogP contribution in [0.4, 0.5) is 5.69 Å². The summed E-state index contributed by atoms with van der Waals surface area (Å²) < 4.78 is 0. The molecule has 1 aliphatic rings. The molecule has 2 aromatic carbocycles. The Hall–Kier alpha value is -2.17. The van der Waals surface area contributed by atoms with Gasteiger partial charge in [0.2, 0.25) is 5.91 Å². The van der Waals surface area contributed by atoms with Crippen molar-refractivity contribution in [3.05, 3.63) is 66.2 Å². The zero-order chi connectivity index (χ0) is 18.2. The fourth-order valence-electron chi connectivity index (χ4n) is 3.45. The molecule has 138 valence electrons. The van der Waals surface area contributed by atoms with Crippen molar-refractivity contribution in [3.8, 4) is 0 Å². The summed E-state index contributed by atoms with van der Waals surface area (Å²) in [6, 6.07) is 20.7. The minimum Gasteiger partial charge on any atom is -0.311 e. The van der Waals surface area contributed by atoms with E-state index in [0.717, 1.165) is 51.5 Å². The summed E-state index contributed by atoms with van der Waals surface area (Å²) in [7, 11) is 0. The molecule has 1 heterocycles. The highest BCUT2D eigenvalue weighted by Crippen LogP contribution is 2.15. The summed E-state index contributed by atoms with van der Waals surface area (Å²) in [4.78, 5) is 19.3. The highest BCUT2D eigenvalue weighted by molar-refractivity contribution is 5.93. The molecule has 0 aliphatic carbocycles. The lowest BCUT2D eigenvalue weighted by Gasteiger charge is -2.36. The van der Waals surface area contributed by atoms with E-state index in [1.807, 2.05) is 42.2 Å². The van der Waals surface area contributed by atoms with E-state index in [1.165, 1.54) is 5.56 Å². The number of para-hydroxylation sites is 1. The predicted octanol–water partition coefficient (Wildman–Crippen LogP) is 3.25. The van der Waals surface area contributed by atoms with Crippen LogP contribution in [0.1, 0.15) is 18.9 Å². The summed E-state index contributed by atoms with van der Waals surface area (Å²) in [5.41, 5.74) is 2.38. The van der Waals surface area contributed by atoms with E-state index < -0.39 is 0 Å². The molecule has 1 amide bonds. The fraction of sp³-hybridized carbons (Fsp3) is 0.409. The number of nitrogens with zero attached hydrogens (tertiary/aromatic N) is 3. The number of carbonyl (C=O) groups is 1. The van der Waals surface area contributed by atoms with Crippen LogP contribution in [-0.2, 0) is 11.3 Å². The van der Waals surface area contributed by atoms with Crippen molar-refractivity contribution in [1.82, 2.24) is 9.80 Å². The number of rotatable bonds is 7. The van der Waals surface area contributed by atoms with Gasteiger partial charge < -0.3 is 4.90 Å². The number of benzene rings is 2. The van der Waals surface area contributed by atoms with Gasteiger partial charge in [0, 0.05) is 57.9 Å². The van der Waals surface area contributed by atoms with E-state index in [0.29, 0.717) is 6.42 Å². The monoisotopic (exact) mass is 351 g/mol. The molecule has 0 spiro atoms. The van der Waals surface area contributed by atoms with Gasteiger partial charge in [-0.05, 0) is 17.7 Å². The molecule has 26 heavy (non-hydrogen) atoms. The molecule has 0 unspecified atom stereocenters. The van der Waals surface area contributed by atoms with E-state index in [9.17, 15) is 4.79 Å². The summed E-state index contributed by atoms with van der Waals surface area (Å²) in [6.45, 7) is 8.95. The van der Waals surface area contributed by atoms with Gasteiger partial charge >= 0.3 is 0 Å². The number of hydrogen-bond donors (Lipinski definition) is 0. The molecule has 0 bridgehead atoms. The first-order chi connectivity index (χ1) is 12.8. The SMILES string of the molecule is CCC(=O)N(CCN1CCN(Cc2ccccc2)CC1)c1ccccc1. The van der Waals surface area contributed by atoms with Gasteiger partial charge in [0.05, 0.1) is 0 Å². The Morgan fingerprint density at radius 2 is 1.46 bits per heavy atom. The molecule has 3 rings (SSSR count). The average molecular weight is 351 g/mol. The molecule has 4 heteroatoms. The Morgan fingerprint density at radius 3 is 2.08 bits per heavy atom. The second kappa shape index (κ2) is 9.51. The summed E-state index contributed by atoms with van der Waals surface area (Å²) >= 11 is 0. The van der Waals surface area contributed by atoms with Crippen LogP contribution in [0, 0.1) is 0 Å². The third kappa shape index (κ3) is 5.16. The van der Waals surface area contributed by atoms with Gasteiger partial charge in [0.1, 0.15) is 0 Å². The molecular weight excluding hydrogens is 322 g/mol. The molecule has 0 radical (unpaired) electrons. The molecule has 0 atom stereocenters. The molecular formula is C22H29N3O. The van der Waals surface area contributed by atoms with Crippen molar-refractivity contribution in [2.75, 3.05) is 44.2 Å². The first-order valence-electron chi connectivity index (χ1n) is 9.60. The number of carbonyl (C=O) groups excluding carboxylic acids is 1. The molecule has 4 nitrogen and oxygen atoms in total. The standard InChI is InChI=1S/C22H29N3O/c1-2-22(26)25(21-11-7-4-8-12-21)18-17-23-13-15-24(16-14-23)19-20-9-5-3-6-10-20/h3-12H,2,13-19H2,1H3. The van der Waals surface area contributed by atoms with Crippen molar-refractivity contribution in [2.45, 2.75) is 19.9 Å².